The molecule has 0 aliphatic carbocycles. The third-order valence-corrected chi connectivity index (χ3v) is 2.74. The highest BCUT2D eigenvalue weighted by molar-refractivity contribution is 5.73. The topological polar surface area (TPSA) is 104 Å². The molecule has 98 valence electrons. The second-order valence-corrected chi connectivity index (χ2v) is 4.31. The third kappa shape index (κ3) is 2.07. The first-order chi connectivity index (χ1) is 9.13. The lowest BCUT2D eigenvalue weighted by Gasteiger charge is -2.15. The summed E-state index contributed by atoms with van der Waals surface area (Å²) in [5.74, 6) is 1.19. The maximum atomic E-state index is 11.8. The SMILES string of the molecule is Cc1cc(CN(C)c2nc3[nH]ncc3c(=O)[nH]2)no1. The summed E-state index contributed by atoms with van der Waals surface area (Å²) in [6.45, 7) is 2.31. The summed E-state index contributed by atoms with van der Waals surface area (Å²) >= 11 is 0. The number of fused-ring (bicyclic) bond motifs is 1. The van der Waals surface area contributed by atoms with Gasteiger partial charge in [-0.2, -0.15) is 10.1 Å². The van der Waals surface area contributed by atoms with Gasteiger partial charge in [-0.1, -0.05) is 5.16 Å². The zero-order valence-electron chi connectivity index (χ0n) is 10.5. The molecule has 3 heterocycles. The number of aryl methyl sites for hydroxylation is 1. The number of hydrogen-bond acceptors (Lipinski definition) is 6. The van der Waals surface area contributed by atoms with Crippen LogP contribution in [0.2, 0.25) is 0 Å². The lowest BCUT2D eigenvalue weighted by Crippen LogP contribution is -2.22. The van der Waals surface area contributed by atoms with Crippen molar-refractivity contribution in [1.29, 1.82) is 0 Å². The van der Waals surface area contributed by atoms with Gasteiger partial charge in [-0.3, -0.25) is 14.9 Å². The van der Waals surface area contributed by atoms with Crippen LogP contribution in [0, 0.1) is 6.92 Å². The lowest BCUT2D eigenvalue weighted by atomic mass is 10.3. The average molecular weight is 260 g/mol. The Kier molecular flexibility index (Phi) is 2.55. The molecular formula is C11H12N6O2. The Morgan fingerprint density at radius 2 is 2.32 bits per heavy atom. The van der Waals surface area contributed by atoms with E-state index in [1.165, 1.54) is 6.20 Å². The number of H-pyrrole nitrogens is 2. The van der Waals surface area contributed by atoms with Gasteiger partial charge in [-0.05, 0) is 6.92 Å². The van der Waals surface area contributed by atoms with Crippen LogP contribution in [-0.2, 0) is 6.54 Å². The molecule has 0 saturated heterocycles. The number of aromatic amines is 2. The zero-order chi connectivity index (χ0) is 13.4. The summed E-state index contributed by atoms with van der Waals surface area (Å²) in [7, 11) is 1.81. The molecule has 8 nitrogen and oxygen atoms in total. The predicted molar refractivity (Wildman–Crippen MR) is 67.9 cm³/mol. The minimum Gasteiger partial charge on any atom is -0.361 e. The van der Waals surface area contributed by atoms with Crippen LogP contribution in [0.3, 0.4) is 0 Å². The van der Waals surface area contributed by atoms with E-state index in [0.717, 1.165) is 11.5 Å². The minimum absolute atomic E-state index is 0.225. The highest BCUT2D eigenvalue weighted by Crippen LogP contribution is 2.11. The minimum atomic E-state index is -0.225. The first-order valence-corrected chi connectivity index (χ1v) is 5.70. The monoisotopic (exact) mass is 260 g/mol. The van der Waals surface area contributed by atoms with Gasteiger partial charge in [0, 0.05) is 13.1 Å². The molecule has 0 atom stereocenters. The number of anilines is 1. The molecule has 0 radical (unpaired) electrons. The maximum Gasteiger partial charge on any atom is 0.263 e. The summed E-state index contributed by atoms with van der Waals surface area (Å²) in [5, 5.41) is 10.8. The zero-order valence-corrected chi connectivity index (χ0v) is 10.5. The van der Waals surface area contributed by atoms with Crippen molar-refractivity contribution in [2.75, 3.05) is 11.9 Å². The Hall–Kier alpha value is -2.64. The van der Waals surface area contributed by atoms with Crippen molar-refractivity contribution in [3.05, 3.63) is 34.1 Å². The number of nitrogens with zero attached hydrogens (tertiary/aromatic N) is 4. The summed E-state index contributed by atoms with van der Waals surface area (Å²) < 4.78 is 5.00. The Labute approximate surface area is 107 Å². The van der Waals surface area contributed by atoms with Crippen molar-refractivity contribution < 1.29 is 4.52 Å². The highest BCUT2D eigenvalue weighted by Gasteiger charge is 2.11. The van der Waals surface area contributed by atoms with Crippen molar-refractivity contribution in [2.24, 2.45) is 0 Å². The van der Waals surface area contributed by atoms with Crippen molar-refractivity contribution in [3.63, 3.8) is 0 Å². The summed E-state index contributed by atoms with van der Waals surface area (Å²) in [6, 6.07) is 1.84. The average Bonchev–Trinajstić information content (AvgIpc) is 2.98. The molecule has 0 aliphatic rings. The van der Waals surface area contributed by atoms with E-state index in [1.807, 2.05) is 20.0 Å². The van der Waals surface area contributed by atoms with E-state index in [1.54, 1.807) is 4.90 Å². The van der Waals surface area contributed by atoms with Crippen LogP contribution in [0.4, 0.5) is 5.95 Å². The number of aromatic nitrogens is 5. The van der Waals surface area contributed by atoms with Gasteiger partial charge in [0.05, 0.1) is 12.7 Å². The van der Waals surface area contributed by atoms with Crippen LogP contribution in [0.5, 0.6) is 0 Å². The van der Waals surface area contributed by atoms with Gasteiger partial charge in [-0.25, -0.2) is 0 Å². The van der Waals surface area contributed by atoms with Crippen molar-refractivity contribution in [2.45, 2.75) is 13.5 Å². The van der Waals surface area contributed by atoms with Gasteiger partial charge in [0.2, 0.25) is 5.95 Å². The second kappa shape index (κ2) is 4.23. The van der Waals surface area contributed by atoms with Crippen LogP contribution in [0.25, 0.3) is 11.0 Å². The lowest BCUT2D eigenvalue weighted by molar-refractivity contribution is 0.390. The maximum absolute atomic E-state index is 11.8. The van der Waals surface area contributed by atoms with E-state index in [9.17, 15) is 4.79 Å². The molecule has 19 heavy (non-hydrogen) atoms. The third-order valence-electron chi connectivity index (χ3n) is 2.74. The molecule has 0 saturated carbocycles. The van der Waals surface area contributed by atoms with E-state index in [2.05, 4.69) is 25.3 Å². The molecule has 0 amide bonds. The van der Waals surface area contributed by atoms with Crippen molar-refractivity contribution in [1.82, 2.24) is 25.3 Å². The molecular weight excluding hydrogens is 248 g/mol. The Balaban J connectivity index is 1.92. The number of rotatable bonds is 3. The molecule has 8 heteroatoms. The molecule has 0 unspecified atom stereocenters. The largest absolute Gasteiger partial charge is 0.361 e. The predicted octanol–water partition coefficient (Wildman–Crippen LogP) is 0.579. The van der Waals surface area contributed by atoms with E-state index in [4.69, 9.17) is 4.52 Å². The Morgan fingerprint density at radius 1 is 1.47 bits per heavy atom. The number of hydrogen-bond donors (Lipinski definition) is 2. The van der Waals surface area contributed by atoms with Crippen LogP contribution < -0.4 is 10.5 Å². The molecule has 0 spiro atoms. The molecule has 3 aromatic rings. The van der Waals surface area contributed by atoms with Crippen LogP contribution in [0.15, 0.2) is 21.6 Å². The van der Waals surface area contributed by atoms with E-state index in [-0.39, 0.29) is 5.56 Å². The fraction of sp³-hybridized carbons (Fsp3) is 0.273. The molecule has 3 rings (SSSR count). The van der Waals surface area contributed by atoms with Gasteiger partial charge >= 0.3 is 0 Å². The van der Waals surface area contributed by atoms with Crippen LogP contribution >= 0.6 is 0 Å². The smallest absolute Gasteiger partial charge is 0.263 e. The fourth-order valence-corrected chi connectivity index (χ4v) is 1.82. The molecule has 0 bridgehead atoms. The Morgan fingerprint density at radius 3 is 3.05 bits per heavy atom. The first-order valence-electron chi connectivity index (χ1n) is 5.70. The van der Waals surface area contributed by atoms with E-state index < -0.39 is 0 Å². The van der Waals surface area contributed by atoms with Gasteiger partial charge in [0.1, 0.15) is 16.8 Å². The highest BCUT2D eigenvalue weighted by atomic mass is 16.5. The van der Waals surface area contributed by atoms with Gasteiger partial charge < -0.3 is 9.42 Å². The quantitative estimate of drug-likeness (QED) is 0.713. The molecule has 0 aliphatic heterocycles. The van der Waals surface area contributed by atoms with Gasteiger partial charge in [-0.15, -0.1) is 0 Å². The normalized spacial score (nSPS) is 11.1. The van der Waals surface area contributed by atoms with E-state index in [0.29, 0.717) is 23.5 Å². The second-order valence-electron chi connectivity index (χ2n) is 4.31. The number of nitrogens with one attached hydrogen (secondary N) is 2. The molecule has 3 aromatic heterocycles. The van der Waals surface area contributed by atoms with Gasteiger partial charge in [0.25, 0.3) is 5.56 Å². The van der Waals surface area contributed by atoms with Gasteiger partial charge in [0.15, 0.2) is 5.65 Å². The standard InChI is InChI=1S/C11H12N6O2/c1-6-3-7(16-19-6)5-17(2)11-13-9-8(4-12-15-9)10(18)14-11/h3-4H,5H2,1-2H3,(H2,12,13,14,15,18). The van der Waals surface area contributed by atoms with Crippen LogP contribution in [-0.4, -0.2) is 32.4 Å². The summed E-state index contributed by atoms with van der Waals surface area (Å²) in [5.41, 5.74) is 1.01. The Bertz CT molecular complexity index is 771. The summed E-state index contributed by atoms with van der Waals surface area (Å²) in [4.78, 5) is 20.6. The summed E-state index contributed by atoms with van der Waals surface area (Å²) in [6.07, 6.45) is 1.45. The molecule has 2 N–H and O–H groups in total. The molecule has 0 fully saturated rings. The molecule has 0 aromatic carbocycles. The fourth-order valence-electron chi connectivity index (χ4n) is 1.82. The van der Waals surface area contributed by atoms with E-state index >= 15 is 0 Å². The van der Waals surface area contributed by atoms with Crippen molar-refractivity contribution >= 4 is 17.0 Å². The first kappa shape index (κ1) is 11.5. The van der Waals surface area contributed by atoms with Crippen LogP contribution in [0.1, 0.15) is 11.5 Å². The van der Waals surface area contributed by atoms with Crippen molar-refractivity contribution in [3.8, 4) is 0 Å².